The summed E-state index contributed by atoms with van der Waals surface area (Å²) in [7, 11) is 1.63. The Hall–Kier alpha value is -0.770. The second-order valence-electron chi connectivity index (χ2n) is 5.04. The summed E-state index contributed by atoms with van der Waals surface area (Å²) in [6.07, 6.45) is 4.36. The summed E-state index contributed by atoms with van der Waals surface area (Å²) in [6, 6.07) is 5.48. The molecule has 0 bridgehead atoms. The summed E-state index contributed by atoms with van der Waals surface area (Å²) >= 11 is 5.99. The van der Waals surface area contributed by atoms with Gasteiger partial charge in [-0.15, -0.1) is 0 Å². The highest BCUT2D eigenvalue weighted by molar-refractivity contribution is 6.30. The number of hydrogen-bond donors (Lipinski definition) is 1. The van der Waals surface area contributed by atoms with E-state index in [2.05, 4.69) is 0 Å². The summed E-state index contributed by atoms with van der Waals surface area (Å²) in [6.45, 7) is 0.817. The van der Waals surface area contributed by atoms with Crippen LogP contribution < -0.4 is 4.74 Å². The predicted octanol–water partition coefficient (Wildman–Crippen LogP) is 3.21. The molecule has 0 aromatic heterocycles. The van der Waals surface area contributed by atoms with Crippen LogP contribution in [-0.4, -0.2) is 31.0 Å². The maximum absolute atomic E-state index is 10.2. The lowest BCUT2D eigenvalue weighted by molar-refractivity contribution is -0.0148. The number of halogens is 1. The fraction of sp³-hybridized carbons (Fsp3) is 0.600. The van der Waals surface area contributed by atoms with Gasteiger partial charge >= 0.3 is 0 Å². The van der Waals surface area contributed by atoms with Crippen LogP contribution in [-0.2, 0) is 11.2 Å². The zero-order valence-corrected chi connectivity index (χ0v) is 12.0. The van der Waals surface area contributed by atoms with E-state index in [0.29, 0.717) is 17.9 Å². The number of ether oxygens (including phenoxy) is 2. The third-order valence-corrected chi connectivity index (χ3v) is 3.74. The number of aliphatic hydroxyl groups excluding tert-OH is 1. The lowest BCUT2D eigenvalue weighted by Crippen LogP contribution is -2.25. The van der Waals surface area contributed by atoms with Crippen molar-refractivity contribution < 1.29 is 14.6 Å². The van der Waals surface area contributed by atoms with Gasteiger partial charge in [0.25, 0.3) is 0 Å². The molecule has 2 unspecified atom stereocenters. The fourth-order valence-corrected chi connectivity index (χ4v) is 2.74. The highest BCUT2D eigenvalue weighted by Crippen LogP contribution is 2.25. The van der Waals surface area contributed by atoms with Crippen molar-refractivity contribution in [2.75, 3.05) is 13.7 Å². The largest absolute Gasteiger partial charge is 0.496 e. The van der Waals surface area contributed by atoms with Gasteiger partial charge in [-0.25, -0.2) is 0 Å². The van der Waals surface area contributed by atoms with Crippen molar-refractivity contribution in [1.82, 2.24) is 0 Å². The first-order chi connectivity index (χ1) is 9.19. The summed E-state index contributed by atoms with van der Waals surface area (Å²) in [5, 5.41) is 10.9. The van der Waals surface area contributed by atoms with Crippen LogP contribution >= 0.6 is 11.6 Å². The molecule has 1 fully saturated rings. The first-order valence-corrected chi connectivity index (χ1v) is 7.19. The van der Waals surface area contributed by atoms with Crippen LogP contribution in [0.25, 0.3) is 0 Å². The Bertz CT molecular complexity index is 402. The molecule has 1 saturated heterocycles. The molecule has 1 aliphatic rings. The van der Waals surface area contributed by atoms with Gasteiger partial charge in [0, 0.05) is 18.1 Å². The predicted molar refractivity (Wildman–Crippen MR) is 75.9 cm³/mol. The normalized spacial score (nSPS) is 21.1. The molecule has 19 heavy (non-hydrogen) atoms. The molecule has 0 spiro atoms. The molecular formula is C15H21ClO3. The summed E-state index contributed by atoms with van der Waals surface area (Å²) in [5.74, 6) is 0.771. The average molecular weight is 285 g/mol. The Morgan fingerprint density at radius 3 is 3.00 bits per heavy atom. The van der Waals surface area contributed by atoms with Crippen molar-refractivity contribution in [2.24, 2.45) is 0 Å². The number of hydrogen-bond acceptors (Lipinski definition) is 3. The van der Waals surface area contributed by atoms with Gasteiger partial charge in [-0.1, -0.05) is 11.6 Å². The van der Waals surface area contributed by atoms with Crippen molar-refractivity contribution in [3.8, 4) is 5.75 Å². The van der Waals surface area contributed by atoms with Gasteiger partial charge in [0.2, 0.25) is 0 Å². The zero-order valence-electron chi connectivity index (χ0n) is 11.3. The van der Waals surface area contributed by atoms with Gasteiger partial charge in [0.1, 0.15) is 5.75 Å². The number of benzene rings is 1. The lowest BCUT2D eigenvalue weighted by atomic mass is 9.98. The molecule has 106 valence electrons. The molecule has 1 N–H and O–H groups in total. The molecule has 2 rings (SSSR count). The summed E-state index contributed by atoms with van der Waals surface area (Å²) < 4.78 is 10.9. The van der Waals surface area contributed by atoms with Crippen LogP contribution in [0.15, 0.2) is 18.2 Å². The van der Waals surface area contributed by atoms with E-state index in [9.17, 15) is 5.11 Å². The molecule has 4 heteroatoms. The van der Waals surface area contributed by atoms with Crippen LogP contribution in [0, 0.1) is 0 Å². The molecule has 0 radical (unpaired) electrons. The van der Waals surface area contributed by atoms with Gasteiger partial charge < -0.3 is 14.6 Å². The van der Waals surface area contributed by atoms with Crippen LogP contribution in [0.3, 0.4) is 0 Å². The highest BCUT2D eigenvalue weighted by atomic mass is 35.5. The SMILES string of the molecule is COc1ccc(Cl)cc1CC(O)CC1CCCCO1. The first kappa shape index (κ1) is 14.6. The minimum Gasteiger partial charge on any atom is -0.496 e. The Balaban J connectivity index is 1.93. The first-order valence-electron chi connectivity index (χ1n) is 6.81. The maximum Gasteiger partial charge on any atom is 0.122 e. The molecule has 2 atom stereocenters. The monoisotopic (exact) mass is 284 g/mol. The van der Waals surface area contributed by atoms with Crippen LogP contribution in [0.1, 0.15) is 31.2 Å². The molecule has 3 nitrogen and oxygen atoms in total. The van der Waals surface area contributed by atoms with E-state index in [1.54, 1.807) is 13.2 Å². The van der Waals surface area contributed by atoms with Crippen LogP contribution in [0.2, 0.25) is 5.02 Å². The fourth-order valence-electron chi connectivity index (χ4n) is 2.54. The molecule has 0 amide bonds. The minimum atomic E-state index is -0.421. The van der Waals surface area contributed by atoms with E-state index in [-0.39, 0.29) is 6.10 Å². The Labute approximate surface area is 119 Å². The Kier molecular flexibility index (Phi) is 5.49. The van der Waals surface area contributed by atoms with Gasteiger partial charge in [-0.05, 0) is 49.4 Å². The van der Waals surface area contributed by atoms with Crippen molar-refractivity contribution in [1.29, 1.82) is 0 Å². The second-order valence-corrected chi connectivity index (χ2v) is 5.47. The van der Waals surface area contributed by atoms with Crippen LogP contribution in [0.5, 0.6) is 5.75 Å². The minimum absolute atomic E-state index is 0.189. The third-order valence-electron chi connectivity index (χ3n) is 3.51. The molecule has 0 saturated carbocycles. The zero-order chi connectivity index (χ0) is 13.7. The summed E-state index contributed by atoms with van der Waals surface area (Å²) in [4.78, 5) is 0. The molecular weight excluding hydrogens is 264 g/mol. The van der Waals surface area contributed by atoms with Crippen molar-refractivity contribution in [3.63, 3.8) is 0 Å². The summed E-state index contributed by atoms with van der Waals surface area (Å²) in [5.41, 5.74) is 0.943. The quantitative estimate of drug-likeness (QED) is 0.902. The number of aliphatic hydroxyl groups is 1. The van der Waals surface area contributed by atoms with Crippen molar-refractivity contribution in [3.05, 3.63) is 28.8 Å². The molecule has 1 heterocycles. The second kappa shape index (κ2) is 7.13. The van der Waals surface area contributed by atoms with Gasteiger partial charge in [-0.3, -0.25) is 0 Å². The highest BCUT2D eigenvalue weighted by Gasteiger charge is 2.19. The third kappa shape index (κ3) is 4.37. The van der Waals surface area contributed by atoms with Gasteiger partial charge in [0.15, 0.2) is 0 Å². The maximum atomic E-state index is 10.2. The van der Waals surface area contributed by atoms with E-state index in [1.165, 1.54) is 6.42 Å². The van der Waals surface area contributed by atoms with E-state index in [1.807, 2.05) is 12.1 Å². The van der Waals surface area contributed by atoms with Crippen molar-refractivity contribution in [2.45, 2.75) is 44.3 Å². The average Bonchev–Trinajstić information content (AvgIpc) is 2.40. The van der Waals surface area contributed by atoms with E-state index < -0.39 is 6.10 Å². The lowest BCUT2D eigenvalue weighted by Gasteiger charge is -2.25. The van der Waals surface area contributed by atoms with E-state index in [0.717, 1.165) is 30.8 Å². The van der Waals surface area contributed by atoms with Gasteiger partial charge in [-0.2, -0.15) is 0 Å². The van der Waals surface area contributed by atoms with Crippen LogP contribution in [0.4, 0.5) is 0 Å². The topological polar surface area (TPSA) is 38.7 Å². The van der Waals surface area contributed by atoms with E-state index >= 15 is 0 Å². The molecule has 1 aromatic rings. The number of rotatable bonds is 5. The molecule has 1 aliphatic heterocycles. The van der Waals surface area contributed by atoms with E-state index in [4.69, 9.17) is 21.1 Å². The standard InChI is InChI=1S/C15H21ClO3/c1-18-15-6-5-12(16)8-11(15)9-13(17)10-14-4-2-3-7-19-14/h5-6,8,13-14,17H,2-4,7,9-10H2,1H3. The van der Waals surface area contributed by atoms with Crippen molar-refractivity contribution >= 4 is 11.6 Å². The number of methoxy groups -OCH3 is 1. The Morgan fingerprint density at radius 1 is 1.47 bits per heavy atom. The molecule has 1 aromatic carbocycles. The van der Waals surface area contributed by atoms with Gasteiger partial charge in [0.05, 0.1) is 19.3 Å². The Morgan fingerprint density at radius 2 is 2.32 bits per heavy atom. The molecule has 0 aliphatic carbocycles. The smallest absolute Gasteiger partial charge is 0.122 e.